The van der Waals surface area contributed by atoms with Crippen molar-refractivity contribution in [3.63, 3.8) is 0 Å². The van der Waals surface area contributed by atoms with Crippen LogP contribution in [0.5, 0.6) is 0 Å². The molecule has 0 aliphatic carbocycles. The molecule has 0 spiro atoms. The average Bonchev–Trinajstić information content (AvgIpc) is 2.48. The van der Waals surface area contributed by atoms with Gasteiger partial charge in [0, 0.05) is 34.2 Å². The van der Waals surface area contributed by atoms with Crippen molar-refractivity contribution in [2.45, 2.75) is 6.54 Å². The molecule has 4 heteroatoms. The van der Waals surface area contributed by atoms with Gasteiger partial charge in [-0.25, -0.2) is 0 Å². The summed E-state index contributed by atoms with van der Waals surface area (Å²) in [5.74, 6) is 0. The van der Waals surface area contributed by atoms with Crippen molar-refractivity contribution in [1.82, 2.24) is 4.98 Å². The first-order chi connectivity index (χ1) is 9.75. The Kier molecular flexibility index (Phi) is 3.56. The largest absolute Gasteiger partial charge is 0.397 e. The lowest BCUT2D eigenvalue weighted by atomic mass is 10.1. The molecule has 1 aromatic heterocycles. The number of fused-ring (bicyclic) bond motifs is 1. The molecular weight excluding hydrogens is 314 g/mol. The van der Waals surface area contributed by atoms with Gasteiger partial charge in [-0.3, -0.25) is 4.98 Å². The van der Waals surface area contributed by atoms with Crippen molar-refractivity contribution in [1.29, 1.82) is 0 Å². The molecule has 0 saturated heterocycles. The minimum Gasteiger partial charge on any atom is -0.397 e. The maximum Gasteiger partial charge on any atom is 0.0630 e. The Morgan fingerprint density at radius 1 is 1.10 bits per heavy atom. The summed E-state index contributed by atoms with van der Waals surface area (Å²) in [5.41, 5.74) is 9.12. The van der Waals surface area contributed by atoms with Gasteiger partial charge >= 0.3 is 0 Å². The van der Waals surface area contributed by atoms with Gasteiger partial charge < -0.3 is 11.1 Å². The number of rotatable bonds is 3. The first-order valence-corrected chi connectivity index (χ1v) is 7.14. The lowest BCUT2D eigenvalue weighted by molar-refractivity contribution is 1.14. The molecule has 0 fully saturated rings. The van der Waals surface area contributed by atoms with E-state index in [0.717, 1.165) is 33.2 Å². The number of anilines is 2. The fourth-order valence-electron chi connectivity index (χ4n) is 2.18. The highest BCUT2D eigenvalue weighted by atomic mass is 79.9. The van der Waals surface area contributed by atoms with Crippen LogP contribution < -0.4 is 11.1 Å². The predicted molar refractivity (Wildman–Crippen MR) is 87.6 cm³/mol. The van der Waals surface area contributed by atoms with Gasteiger partial charge in [0.25, 0.3) is 0 Å². The fraction of sp³-hybridized carbons (Fsp3) is 0.0625. The maximum atomic E-state index is 6.22. The first-order valence-electron chi connectivity index (χ1n) is 6.35. The third kappa shape index (κ3) is 2.47. The molecule has 0 radical (unpaired) electrons. The molecule has 0 aliphatic heterocycles. The van der Waals surface area contributed by atoms with Crippen molar-refractivity contribution in [2.24, 2.45) is 0 Å². The molecule has 0 atom stereocenters. The molecule has 0 amide bonds. The minimum atomic E-state index is 0.724. The smallest absolute Gasteiger partial charge is 0.0630 e. The van der Waals surface area contributed by atoms with E-state index < -0.39 is 0 Å². The van der Waals surface area contributed by atoms with Crippen LogP contribution in [0.2, 0.25) is 0 Å². The summed E-state index contributed by atoms with van der Waals surface area (Å²) in [4.78, 5) is 4.11. The highest BCUT2D eigenvalue weighted by Crippen LogP contribution is 2.28. The van der Waals surface area contributed by atoms with E-state index in [1.165, 1.54) is 5.56 Å². The van der Waals surface area contributed by atoms with Crippen LogP contribution in [0.1, 0.15) is 5.56 Å². The zero-order valence-corrected chi connectivity index (χ0v) is 12.4. The standard InChI is InChI=1S/C16H14BrN3/c17-14-4-2-1-3-12(14)10-20-15-6-5-11-9-19-8-7-13(11)16(15)18/h1-9,20H,10,18H2. The second-order valence-electron chi connectivity index (χ2n) is 4.57. The molecule has 2 aromatic carbocycles. The van der Waals surface area contributed by atoms with Gasteiger partial charge in [-0.05, 0) is 23.8 Å². The molecule has 3 N–H and O–H groups in total. The summed E-state index contributed by atoms with van der Waals surface area (Å²) >= 11 is 3.55. The van der Waals surface area contributed by atoms with E-state index in [0.29, 0.717) is 0 Å². The number of hydrogen-bond donors (Lipinski definition) is 2. The molecule has 100 valence electrons. The Labute approximate surface area is 126 Å². The van der Waals surface area contributed by atoms with Crippen molar-refractivity contribution >= 4 is 38.1 Å². The molecular formula is C16H14BrN3. The third-order valence-corrected chi connectivity index (χ3v) is 4.06. The SMILES string of the molecule is Nc1c(NCc2ccccc2Br)ccc2cnccc12. The first kappa shape index (κ1) is 12.9. The van der Waals surface area contributed by atoms with Gasteiger partial charge in [0.1, 0.15) is 0 Å². The van der Waals surface area contributed by atoms with Crippen LogP contribution in [-0.4, -0.2) is 4.98 Å². The van der Waals surface area contributed by atoms with E-state index in [-0.39, 0.29) is 0 Å². The van der Waals surface area contributed by atoms with Crippen molar-refractivity contribution in [3.05, 3.63) is 64.9 Å². The molecule has 0 unspecified atom stereocenters. The number of halogens is 1. The second kappa shape index (κ2) is 5.51. The van der Waals surface area contributed by atoms with E-state index in [1.54, 1.807) is 6.20 Å². The molecule has 20 heavy (non-hydrogen) atoms. The van der Waals surface area contributed by atoms with Crippen LogP contribution >= 0.6 is 15.9 Å². The highest BCUT2D eigenvalue weighted by molar-refractivity contribution is 9.10. The van der Waals surface area contributed by atoms with Crippen LogP contribution in [-0.2, 0) is 6.54 Å². The van der Waals surface area contributed by atoms with Crippen LogP contribution in [0.25, 0.3) is 10.8 Å². The normalized spacial score (nSPS) is 10.7. The summed E-state index contributed by atoms with van der Waals surface area (Å²) in [6.07, 6.45) is 3.58. The number of benzene rings is 2. The second-order valence-corrected chi connectivity index (χ2v) is 5.42. The van der Waals surface area contributed by atoms with Gasteiger partial charge in [0.05, 0.1) is 11.4 Å². The quantitative estimate of drug-likeness (QED) is 0.709. The van der Waals surface area contributed by atoms with Crippen molar-refractivity contribution in [3.8, 4) is 0 Å². The highest BCUT2D eigenvalue weighted by Gasteiger charge is 2.05. The summed E-state index contributed by atoms with van der Waals surface area (Å²) in [6, 6.07) is 14.1. The Bertz CT molecular complexity index is 756. The van der Waals surface area contributed by atoms with Gasteiger partial charge in [0.2, 0.25) is 0 Å². The van der Waals surface area contributed by atoms with Gasteiger partial charge in [-0.2, -0.15) is 0 Å². The summed E-state index contributed by atoms with van der Waals surface area (Å²) in [5, 5.41) is 5.46. The zero-order chi connectivity index (χ0) is 13.9. The van der Waals surface area contributed by atoms with Crippen LogP contribution in [0.15, 0.2) is 59.3 Å². The third-order valence-electron chi connectivity index (χ3n) is 3.29. The van der Waals surface area contributed by atoms with Crippen molar-refractivity contribution in [2.75, 3.05) is 11.1 Å². The Balaban J connectivity index is 1.88. The summed E-state index contributed by atoms with van der Waals surface area (Å²) in [6.45, 7) is 0.724. The lowest BCUT2D eigenvalue weighted by Gasteiger charge is -2.12. The number of pyridine rings is 1. The Morgan fingerprint density at radius 2 is 1.95 bits per heavy atom. The lowest BCUT2D eigenvalue weighted by Crippen LogP contribution is -2.03. The zero-order valence-electron chi connectivity index (χ0n) is 10.8. The van der Waals surface area contributed by atoms with Crippen LogP contribution in [0.3, 0.4) is 0 Å². The average molecular weight is 328 g/mol. The van der Waals surface area contributed by atoms with E-state index >= 15 is 0 Å². The van der Waals surface area contributed by atoms with E-state index in [1.807, 2.05) is 42.6 Å². The fourth-order valence-corrected chi connectivity index (χ4v) is 2.60. The molecule has 0 aliphatic rings. The van der Waals surface area contributed by atoms with Gasteiger partial charge in [-0.15, -0.1) is 0 Å². The van der Waals surface area contributed by atoms with E-state index in [2.05, 4.69) is 32.3 Å². The molecule has 3 rings (SSSR count). The van der Waals surface area contributed by atoms with E-state index in [9.17, 15) is 0 Å². The van der Waals surface area contributed by atoms with Crippen LogP contribution in [0, 0.1) is 0 Å². The molecule has 0 saturated carbocycles. The summed E-state index contributed by atoms with van der Waals surface area (Å²) < 4.78 is 1.09. The number of hydrogen-bond acceptors (Lipinski definition) is 3. The topological polar surface area (TPSA) is 50.9 Å². The molecule has 1 heterocycles. The number of nitrogen functional groups attached to an aromatic ring is 1. The number of aromatic nitrogens is 1. The Hall–Kier alpha value is -2.07. The molecule has 0 bridgehead atoms. The Morgan fingerprint density at radius 3 is 2.80 bits per heavy atom. The number of nitrogens with zero attached hydrogens (tertiary/aromatic N) is 1. The maximum absolute atomic E-state index is 6.22. The van der Waals surface area contributed by atoms with E-state index in [4.69, 9.17) is 5.73 Å². The van der Waals surface area contributed by atoms with Gasteiger partial charge in [0.15, 0.2) is 0 Å². The molecule has 3 aromatic rings. The van der Waals surface area contributed by atoms with Crippen molar-refractivity contribution < 1.29 is 0 Å². The number of nitrogens with two attached hydrogens (primary N) is 1. The summed E-state index contributed by atoms with van der Waals surface area (Å²) in [7, 11) is 0. The van der Waals surface area contributed by atoms with Gasteiger partial charge in [-0.1, -0.05) is 40.2 Å². The number of nitrogens with one attached hydrogen (secondary N) is 1. The molecule has 3 nitrogen and oxygen atoms in total. The minimum absolute atomic E-state index is 0.724. The predicted octanol–water partition coefficient (Wildman–Crippen LogP) is 4.19. The monoisotopic (exact) mass is 327 g/mol. The van der Waals surface area contributed by atoms with Crippen LogP contribution in [0.4, 0.5) is 11.4 Å².